The number of carbonyl (C=O) groups is 1. The van der Waals surface area contributed by atoms with Crippen LogP contribution in [0.15, 0.2) is 24.3 Å². The Bertz CT molecular complexity index is 241. The summed E-state index contributed by atoms with van der Waals surface area (Å²) in [6.07, 6.45) is 3.57. The van der Waals surface area contributed by atoms with E-state index < -0.39 is 0 Å². The highest BCUT2D eigenvalue weighted by Crippen LogP contribution is 2.11. The largest absolute Gasteiger partial charge is 0.508 e. The zero-order valence-corrected chi connectivity index (χ0v) is 8.31. The fourth-order valence-corrected chi connectivity index (χ4v) is 1.04. The molecule has 1 aromatic carbocycles. The Morgan fingerprint density at radius 2 is 1.79 bits per heavy atom. The predicted molar refractivity (Wildman–Crippen MR) is 55.4 cm³/mol. The Labute approximate surface area is 84.0 Å². The Kier molecular flexibility index (Phi) is 7.23. The fraction of sp³-hybridized carbons (Fsp3) is 0.364. The number of aryl methyl sites for hydroxylation is 1. The molecular formula is C11H16O3. The van der Waals surface area contributed by atoms with E-state index in [1.807, 2.05) is 12.1 Å². The van der Waals surface area contributed by atoms with Gasteiger partial charge in [0.25, 0.3) is 6.47 Å². The van der Waals surface area contributed by atoms with Crippen LogP contribution in [-0.4, -0.2) is 16.7 Å². The highest BCUT2D eigenvalue weighted by Gasteiger charge is 1.91. The molecule has 0 bridgehead atoms. The van der Waals surface area contributed by atoms with E-state index in [1.165, 1.54) is 18.4 Å². The lowest BCUT2D eigenvalue weighted by molar-refractivity contribution is -0.122. The molecule has 0 aromatic heterocycles. The van der Waals surface area contributed by atoms with Gasteiger partial charge in [0.2, 0.25) is 0 Å². The zero-order chi connectivity index (χ0) is 10.8. The third-order valence-corrected chi connectivity index (χ3v) is 1.76. The van der Waals surface area contributed by atoms with E-state index in [1.54, 1.807) is 12.1 Å². The lowest BCUT2D eigenvalue weighted by Gasteiger charge is -1.98. The minimum absolute atomic E-state index is 0.250. The quantitative estimate of drug-likeness (QED) is 0.730. The van der Waals surface area contributed by atoms with Crippen LogP contribution >= 0.6 is 0 Å². The van der Waals surface area contributed by atoms with Gasteiger partial charge in [0.1, 0.15) is 5.75 Å². The SMILES string of the molecule is CCCCc1ccc(O)cc1.O=CO. The summed E-state index contributed by atoms with van der Waals surface area (Å²) in [6, 6.07) is 7.44. The molecule has 14 heavy (non-hydrogen) atoms. The van der Waals surface area contributed by atoms with Crippen molar-refractivity contribution in [2.75, 3.05) is 0 Å². The first kappa shape index (κ1) is 12.5. The third-order valence-electron chi connectivity index (χ3n) is 1.76. The Hall–Kier alpha value is -1.51. The number of carboxylic acid groups (broad SMARTS) is 1. The second kappa shape index (κ2) is 8.10. The van der Waals surface area contributed by atoms with Gasteiger partial charge in [-0.15, -0.1) is 0 Å². The first-order valence-corrected chi connectivity index (χ1v) is 4.60. The first-order chi connectivity index (χ1) is 6.74. The first-order valence-electron chi connectivity index (χ1n) is 4.60. The molecule has 0 amide bonds. The number of aromatic hydroxyl groups is 1. The molecule has 1 aromatic rings. The van der Waals surface area contributed by atoms with Crippen LogP contribution in [0, 0.1) is 0 Å². The summed E-state index contributed by atoms with van der Waals surface area (Å²) in [5.41, 5.74) is 1.31. The number of rotatable bonds is 3. The zero-order valence-electron chi connectivity index (χ0n) is 8.31. The van der Waals surface area contributed by atoms with Gasteiger partial charge >= 0.3 is 0 Å². The van der Waals surface area contributed by atoms with Crippen molar-refractivity contribution < 1.29 is 15.0 Å². The number of unbranched alkanes of at least 4 members (excludes halogenated alkanes) is 1. The van der Waals surface area contributed by atoms with Crippen molar-refractivity contribution in [3.63, 3.8) is 0 Å². The van der Waals surface area contributed by atoms with E-state index in [0.29, 0.717) is 5.75 Å². The number of hydrogen-bond donors (Lipinski definition) is 2. The van der Waals surface area contributed by atoms with Crippen molar-refractivity contribution in [2.45, 2.75) is 26.2 Å². The molecular weight excluding hydrogens is 180 g/mol. The summed E-state index contributed by atoms with van der Waals surface area (Å²) in [5, 5.41) is 15.9. The maximum atomic E-state index is 8.98. The van der Waals surface area contributed by atoms with Gasteiger partial charge in [0.05, 0.1) is 0 Å². The third kappa shape index (κ3) is 6.06. The molecule has 0 aliphatic rings. The van der Waals surface area contributed by atoms with Crippen molar-refractivity contribution in [3.8, 4) is 5.75 Å². The molecule has 0 aliphatic heterocycles. The maximum Gasteiger partial charge on any atom is 0.290 e. The minimum atomic E-state index is -0.250. The number of phenolic OH excluding ortho intramolecular Hbond substituents is 1. The Morgan fingerprint density at radius 1 is 1.29 bits per heavy atom. The van der Waals surface area contributed by atoms with Crippen LogP contribution < -0.4 is 0 Å². The molecule has 3 nitrogen and oxygen atoms in total. The maximum absolute atomic E-state index is 8.98. The Balaban J connectivity index is 0.000000500. The van der Waals surface area contributed by atoms with Crippen molar-refractivity contribution in [2.24, 2.45) is 0 Å². The summed E-state index contributed by atoms with van der Waals surface area (Å²) in [7, 11) is 0. The van der Waals surface area contributed by atoms with Crippen LogP contribution in [0.5, 0.6) is 5.75 Å². The van der Waals surface area contributed by atoms with Gasteiger partial charge < -0.3 is 10.2 Å². The van der Waals surface area contributed by atoms with Gasteiger partial charge in [-0.3, -0.25) is 4.79 Å². The van der Waals surface area contributed by atoms with Crippen LogP contribution in [-0.2, 0) is 11.2 Å². The predicted octanol–water partition coefficient (Wildman–Crippen LogP) is 2.44. The summed E-state index contributed by atoms with van der Waals surface area (Å²) in [5.74, 6) is 0.352. The second-order valence-corrected chi connectivity index (χ2v) is 2.88. The van der Waals surface area contributed by atoms with Crippen LogP contribution in [0.4, 0.5) is 0 Å². The summed E-state index contributed by atoms with van der Waals surface area (Å²) in [6.45, 7) is 1.93. The molecule has 0 fully saturated rings. The van der Waals surface area contributed by atoms with E-state index in [2.05, 4.69) is 6.92 Å². The molecule has 0 unspecified atom stereocenters. The molecule has 0 saturated heterocycles. The number of hydrogen-bond acceptors (Lipinski definition) is 2. The number of phenols is 1. The molecule has 3 heteroatoms. The monoisotopic (exact) mass is 196 g/mol. The summed E-state index contributed by atoms with van der Waals surface area (Å²) in [4.78, 5) is 8.36. The highest BCUT2D eigenvalue weighted by molar-refractivity contribution is 5.32. The molecule has 0 heterocycles. The standard InChI is InChI=1S/C10H14O.CH2O2/c1-2-3-4-9-5-7-10(11)8-6-9;2-1-3/h5-8,11H,2-4H2,1H3;1H,(H,2,3). The van der Waals surface area contributed by atoms with Crippen LogP contribution in [0.2, 0.25) is 0 Å². The van der Waals surface area contributed by atoms with E-state index >= 15 is 0 Å². The molecule has 0 radical (unpaired) electrons. The lowest BCUT2D eigenvalue weighted by Crippen LogP contribution is -1.82. The van der Waals surface area contributed by atoms with Crippen LogP contribution in [0.1, 0.15) is 25.3 Å². The van der Waals surface area contributed by atoms with Crippen molar-refractivity contribution >= 4 is 6.47 Å². The van der Waals surface area contributed by atoms with Crippen LogP contribution in [0.25, 0.3) is 0 Å². The van der Waals surface area contributed by atoms with Gasteiger partial charge in [0, 0.05) is 0 Å². The molecule has 2 N–H and O–H groups in total. The minimum Gasteiger partial charge on any atom is -0.508 e. The normalized spacial score (nSPS) is 8.64. The molecule has 0 atom stereocenters. The second-order valence-electron chi connectivity index (χ2n) is 2.88. The molecule has 0 aliphatic carbocycles. The summed E-state index contributed by atoms with van der Waals surface area (Å²) >= 11 is 0. The van der Waals surface area contributed by atoms with Crippen molar-refractivity contribution in [3.05, 3.63) is 29.8 Å². The van der Waals surface area contributed by atoms with Crippen molar-refractivity contribution in [1.82, 2.24) is 0 Å². The number of benzene rings is 1. The fourth-order valence-electron chi connectivity index (χ4n) is 1.04. The van der Waals surface area contributed by atoms with E-state index in [4.69, 9.17) is 15.0 Å². The van der Waals surface area contributed by atoms with Gasteiger partial charge in [-0.25, -0.2) is 0 Å². The van der Waals surface area contributed by atoms with Gasteiger partial charge in [-0.1, -0.05) is 25.5 Å². The van der Waals surface area contributed by atoms with Crippen LogP contribution in [0.3, 0.4) is 0 Å². The van der Waals surface area contributed by atoms with Gasteiger partial charge in [0.15, 0.2) is 0 Å². The van der Waals surface area contributed by atoms with Crippen molar-refractivity contribution in [1.29, 1.82) is 0 Å². The molecule has 0 spiro atoms. The van der Waals surface area contributed by atoms with E-state index in [0.717, 1.165) is 6.42 Å². The van der Waals surface area contributed by atoms with Gasteiger partial charge in [-0.05, 0) is 30.5 Å². The molecule has 1 rings (SSSR count). The molecule has 0 saturated carbocycles. The molecule has 78 valence electrons. The Morgan fingerprint density at radius 3 is 2.21 bits per heavy atom. The average molecular weight is 196 g/mol. The summed E-state index contributed by atoms with van der Waals surface area (Å²) < 4.78 is 0. The topological polar surface area (TPSA) is 57.5 Å². The van der Waals surface area contributed by atoms with E-state index in [-0.39, 0.29) is 6.47 Å². The van der Waals surface area contributed by atoms with Gasteiger partial charge in [-0.2, -0.15) is 0 Å². The smallest absolute Gasteiger partial charge is 0.290 e. The average Bonchev–Trinajstić information content (AvgIpc) is 2.18. The van der Waals surface area contributed by atoms with E-state index in [9.17, 15) is 0 Å². The highest BCUT2D eigenvalue weighted by atomic mass is 16.3. The lowest BCUT2D eigenvalue weighted by atomic mass is 10.1.